The first kappa shape index (κ1) is 13.8. The van der Waals surface area contributed by atoms with Crippen LogP contribution in [0.5, 0.6) is 0 Å². The largest absolute Gasteiger partial charge is 0.305 e. The number of hydrogen-bond acceptors (Lipinski definition) is 3. The third kappa shape index (κ3) is 3.44. The first-order valence-corrected chi connectivity index (χ1v) is 8.02. The Hall–Kier alpha value is -0.640. The zero-order chi connectivity index (χ0) is 13.2. The van der Waals surface area contributed by atoms with E-state index in [-0.39, 0.29) is 5.41 Å². The van der Waals surface area contributed by atoms with Crippen LogP contribution in [-0.4, -0.2) is 0 Å². The second kappa shape index (κ2) is 5.55. The van der Waals surface area contributed by atoms with Crippen LogP contribution < -0.4 is 5.32 Å². The molecule has 0 aliphatic heterocycles. The zero-order valence-corrected chi connectivity index (χ0v) is 13.1. The van der Waals surface area contributed by atoms with E-state index in [9.17, 15) is 0 Å². The molecule has 0 saturated carbocycles. The first-order chi connectivity index (χ1) is 8.47. The predicted molar refractivity (Wildman–Crippen MR) is 82.6 cm³/mol. The second-order valence-corrected chi connectivity index (χ2v) is 7.78. The average molecular weight is 279 g/mol. The minimum Gasteiger partial charge on any atom is -0.305 e. The van der Waals surface area contributed by atoms with E-state index in [0.29, 0.717) is 6.04 Å². The molecule has 98 valence electrons. The molecule has 18 heavy (non-hydrogen) atoms. The van der Waals surface area contributed by atoms with Gasteiger partial charge in [0.2, 0.25) is 0 Å². The van der Waals surface area contributed by atoms with Crippen molar-refractivity contribution in [2.75, 3.05) is 0 Å². The lowest BCUT2D eigenvalue weighted by molar-refractivity contribution is 0.587. The first-order valence-electron chi connectivity index (χ1n) is 6.33. The molecule has 0 radical (unpaired) electrons. The fourth-order valence-corrected chi connectivity index (χ4v) is 3.54. The minimum atomic E-state index is 0.266. The van der Waals surface area contributed by atoms with Gasteiger partial charge in [-0.05, 0) is 35.9 Å². The number of rotatable bonds is 4. The van der Waals surface area contributed by atoms with Crippen molar-refractivity contribution < 1.29 is 0 Å². The molecular weight excluding hydrogens is 258 g/mol. The lowest BCUT2D eigenvalue weighted by Crippen LogP contribution is -2.16. The maximum Gasteiger partial charge on any atom is 0.0389 e. The van der Waals surface area contributed by atoms with Crippen molar-refractivity contribution in [3.63, 3.8) is 0 Å². The SMILES string of the molecule is CC(NCc1ccc(C(C)(C)C)s1)c1cccs1. The van der Waals surface area contributed by atoms with E-state index in [4.69, 9.17) is 0 Å². The Kier molecular flexibility index (Phi) is 4.25. The third-order valence-electron chi connectivity index (χ3n) is 2.95. The molecule has 1 nitrogen and oxygen atoms in total. The average Bonchev–Trinajstić information content (AvgIpc) is 2.96. The van der Waals surface area contributed by atoms with Gasteiger partial charge in [0.15, 0.2) is 0 Å². The molecule has 1 N–H and O–H groups in total. The highest BCUT2D eigenvalue weighted by Gasteiger charge is 2.16. The molecule has 0 bridgehead atoms. The van der Waals surface area contributed by atoms with Crippen molar-refractivity contribution in [1.82, 2.24) is 5.32 Å². The van der Waals surface area contributed by atoms with E-state index in [2.05, 4.69) is 62.7 Å². The maximum atomic E-state index is 3.59. The van der Waals surface area contributed by atoms with Crippen LogP contribution >= 0.6 is 22.7 Å². The van der Waals surface area contributed by atoms with Gasteiger partial charge >= 0.3 is 0 Å². The Morgan fingerprint density at radius 2 is 2.00 bits per heavy atom. The van der Waals surface area contributed by atoms with Gasteiger partial charge in [0.25, 0.3) is 0 Å². The van der Waals surface area contributed by atoms with Gasteiger partial charge in [0.1, 0.15) is 0 Å². The van der Waals surface area contributed by atoms with Gasteiger partial charge in [-0.3, -0.25) is 0 Å². The predicted octanol–water partition coefficient (Wildman–Crippen LogP) is 4.96. The molecule has 2 aromatic rings. The van der Waals surface area contributed by atoms with Gasteiger partial charge < -0.3 is 5.32 Å². The summed E-state index contributed by atoms with van der Waals surface area (Å²) in [5, 5.41) is 5.72. The standard InChI is InChI=1S/C15H21NS2/c1-11(13-6-5-9-17-13)16-10-12-7-8-14(18-12)15(2,3)4/h5-9,11,16H,10H2,1-4H3. The van der Waals surface area contributed by atoms with Gasteiger partial charge in [-0.2, -0.15) is 0 Å². The topological polar surface area (TPSA) is 12.0 Å². The van der Waals surface area contributed by atoms with E-state index >= 15 is 0 Å². The zero-order valence-electron chi connectivity index (χ0n) is 11.5. The molecule has 0 aliphatic rings. The fraction of sp³-hybridized carbons (Fsp3) is 0.467. The molecule has 1 unspecified atom stereocenters. The maximum absolute atomic E-state index is 3.59. The van der Waals surface area contributed by atoms with E-state index < -0.39 is 0 Å². The second-order valence-electron chi connectivity index (χ2n) is 5.63. The Labute approximate surface area is 118 Å². The van der Waals surface area contributed by atoms with Crippen molar-refractivity contribution in [2.24, 2.45) is 0 Å². The minimum absolute atomic E-state index is 0.266. The van der Waals surface area contributed by atoms with E-state index in [1.165, 1.54) is 14.6 Å². The summed E-state index contributed by atoms with van der Waals surface area (Å²) < 4.78 is 0. The van der Waals surface area contributed by atoms with Crippen LogP contribution in [0, 0.1) is 0 Å². The van der Waals surface area contributed by atoms with Crippen LogP contribution in [0.1, 0.15) is 48.4 Å². The van der Waals surface area contributed by atoms with Crippen LogP contribution in [0.25, 0.3) is 0 Å². The summed E-state index contributed by atoms with van der Waals surface area (Å²) in [5.74, 6) is 0. The molecule has 0 aromatic carbocycles. The smallest absolute Gasteiger partial charge is 0.0389 e. The van der Waals surface area contributed by atoms with E-state index in [0.717, 1.165) is 6.54 Å². The third-order valence-corrected chi connectivity index (χ3v) is 5.52. The molecule has 3 heteroatoms. The highest BCUT2D eigenvalue weighted by molar-refractivity contribution is 7.12. The van der Waals surface area contributed by atoms with Crippen molar-refractivity contribution in [1.29, 1.82) is 0 Å². The Morgan fingerprint density at radius 3 is 2.56 bits per heavy atom. The van der Waals surface area contributed by atoms with Crippen molar-refractivity contribution in [2.45, 2.75) is 45.7 Å². The highest BCUT2D eigenvalue weighted by Crippen LogP contribution is 2.29. The van der Waals surface area contributed by atoms with Crippen molar-refractivity contribution in [3.8, 4) is 0 Å². The number of hydrogen-bond donors (Lipinski definition) is 1. The van der Waals surface area contributed by atoms with Crippen LogP contribution in [-0.2, 0) is 12.0 Å². The fourth-order valence-electron chi connectivity index (χ4n) is 1.77. The number of thiophene rings is 2. The highest BCUT2D eigenvalue weighted by atomic mass is 32.1. The van der Waals surface area contributed by atoms with Crippen molar-refractivity contribution >= 4 is 22.7 Å². The van der Waals surface area contributed by atoms with Crippen LogP contribution in [0.15, 0.2) is 29.6 Å². The van der Waals surface area contributed by atoms with Crippen molar-refractivity contribution in [3.05, 3.63) is 44.3 Å². The molecule has 0 spiro atoms. The van der Waals surface area contributed by atoms with E-state index in [1.807, 2.05) is 22.7 Å². The van der Waals surface area contributed by atoms with Gasteiger partial charge in [-0.1, -0.05) is 26.8 Å². The summed E-state index contributed by atoms with van der Waals surface area (Å²) in [7, 11) is 0. The van der Waals surface area contributed by atoms with Gasteiger partial charge in [-0.15, -0.1) is 22.7 Å². The normalized spacial score (nSPS) is 13.8. The Morgan fingerprint density at radius 1 is 1.22 bits per heavy atom. The monoisotopic (exact) mass is 279 g/mol. The quantitative estimate of drug-likeness (QED) is 0.834. The molecule has 0 fully saturated rings. The molecule has 1 atom stereocenters. The molecule has 2 heterocycles. The van der Waals surface area contributed by atoms with Gasteiger partial charge in [-0.25, -0.2) is 0 Å². The summed E-state index contributed by atoms with van der Waals surface area (Å²) in [6.07, 6.45) is 0. The molecular formula is C15H21NS2. The summed E-state index contributed by atoms with van der Waals surface area (Å²) in [6, 6.07) is 9.25. The summed E-state index contributed by atoms with van der Waals surface area (Å²) >= 11 is 3.74. The Bertz CT molecular complexity index is 477. The van der Waals surface area contributed by atoms with Gasteiger partial charge in [0, 0.05) is 27.2 Å². The molecule has 0 aliphatic carbocycles. The van der Waals surface area contributed by atoms with E-state index in [1.54, 1.807) is 0 Å². The molecule has 2 rings (SSSR count). The summed E-state index contributed by atoms with van der Waals surface area (Å²) in [5.41, 5.74) is 0.266. The Balaban J connectivity index is 1.93. The molecule has 0 amide bonds. The van der Waals surface area contributed by atoms with Gasteiger partial charge in [0.05, 0.1) is 0 Å². The van der Waals surface area contributed by atoms with Crippen LogP contribution in [0.2, 0.25) is 0 Å². The summed E-state index contributed by atoms with van der Waals surface area (Å²) in [6.45, 7) is 9.99. The lowest BCUT2D eigenvalue weighted by Gasteiger charge is -2.15. The number of nitrogens with one attached hydrogen (secondary N) is 1. The molecule has 2 aromatic heterocycles. The van der Waals surface area contributed by atoms with Crippen LogP contribution in [0.4, 0.5) is 0 Å². The molecule has 0 saturated heterocycles. The summed E-state index contributed by atoms with van der Waals surface area (Å²) in [4.78, 5) is 4.29. The van der Waals surface area contributed by atoms with Crippen LogP contribution in [0.3, 0.4) is 0 Å². The lowest BCUT2D eigenvalue weighted by atomic mass is 9.95.